The van der Waals surface area contributed by atoms with Gasteiger partial charge < -0.3 is 4.74 Å². The Balaban J connectivity index is 1.77. The number of para-hydroxylation sites is 1. The van der Waals surface area contributed by atoms with E-state index in [2.05, 4.69) is 17.0 Å². The van der Waals surface area contributed by atoms with E-state index in [4.69, 9.17) is 11.2 Å². The van der Waals surface area contributed by atoms with E-state index in [9.17, 15) is 5.26 Å². The van der Waals surface area contributed by atoms with Crippen molar-refractivity contribution in [1.29, 1.82) is 5.26 Å². The zero-order valence-corrected chi connectivity index (χ0v) is 16.4. The number of benzene rings is 3. The molecule has 1 aromatic heterocycles. The maximum atomic E-state index is 9.73. The molecule has 0 aliphatic carbocycles. The van der Waals surface area contributed by atoms with Crippen molar-refractivity contribution >= 4 is 50.2 Å². The molecule has 0 atom stereocenters. The van der Waals surface area contributed by atoms with Gasteiger partial charge in [-0.15, -0.1) is 17.8 Å². The van der Waals surface area contributed by atoms with Crippen molar-refractivity contribution in [1.82, 2.24) is 4.98 Å². The Bertz CT molecular complexity index is 1240. The second kappa shape index (κ2) is 8.19. The van der Waals surface area contributed by atoms with Crippen molar-refractivity contribution in [2.75, 3.05) is 6.61 Å². The number of nitriles is 1. The third-order valence-electron chi connectivity index (χ3n) is 4.10. The molecule has 3 nitrogen and oxygen atoms in total. The van der Waals surface area contributed by atoms with Gasteiger partial charge in [0.05, 0.1) is 15.1 Å². The lowest BCUT2D eigenvalue weighted by Crippen LogP contribution is -1.96. The molecule has 4 rings (SSSR count). The number of aromatic nitrogens is 1. The largest absolute Gasteiger partial charge is 0.480 e. The van der Waals surface area contributed by atoms with Crippen LogP contribution in [0.5, 0.6) is 5.75 Å². The Morgan fingerprint density at radius 3 is 2.79 bits per heavy atom. The summed E-state index contributed by atoms with van der Waals surface area (Å²) in [5.74, 6) is 3.15. The van der Waals surface area contributed by atoms with Gasteiger partial charge in [0.15, 0.2) is 4.34 Å². The van der Waals surface area contributed by atoms with Crippen LogP contribution >= 0.6 is 23.1 Å². The lowest BCUT2D eigenvalue weighted by Gasteiger charge is -2.10. The van der Waals surface area contributed by atoms with Crippen LogP contribution in [0.25, 0.3) is 27.1 Å². The van der Waals surface area contributed by atoms with Crippen LogP contribution in [-0.4, -0.2) is 11.6 Å². The quantitative estimate of drug-likeness (QED) is 0.231. The number of fused-ring (bicyclic) bond motifs is 2. The molecule has 0 saturated heterocycles. The summed E-state index contributed by atoms with van der Waals surface area (Å²) < 4.78 is 7.66. The molecule has 134 valence electrons. The molecule has 28 heavy (non-hydrogen) atoms. The van der Waals surface area contributed by atoms with Crippen LogP contribution in [0.3, 0.4) is 0 Å². The molecule has 0 spiro atoms. The number of rotatable bonds is 5. The van der Waals surface area contributed by atoms with Gasteiger partial charge in [-0.1, -0.05) is 48.4 Å². The Morgan fingerprint density at radius 2 is 1.96 bits per heavy atom. The fourth-order valence-corrected chi connectivity index (χ4v) is 4.83. The standard InChI is InChI=1S/C23H14N2OS2/c1-2-13-26-21-12-11-16-7-3-4-8-18(16)19(21)14-17(15-24)27-23-25-20-9-5-6-10-22(20)28-23/h1,3-12,14H,13H2. The molecule has 0 radical (unpaired) electrons. The predicted molar refractivity (Wildman–Crippen MR) is 117 cm³/mol. The Labute approximate surface area is 171 Å². The molecule has 4 aromatic rings. The molecule has 3 aromatic carbocycles. The first kappa shape index (κ1) is 18.1. The highest BCUT2D eigenvalue weighted by molar-refractivity contribution is 8.05. The van der Waals surface area contributed by atoms with Gasteiger partial charge in [0.1, 0.15) is 18.4 Å². The minimum absolute atomic E-state index is 0.173. The van der Waals surface area contributed by atoms with E-state index in [1.54, 1.807) is 11.3 Å². The second-order valence-corrected chi connectivity index (χ2v) is 8.18. The fourth-order valence-electron chi connectivity index (χ4n) is 2.87. The van der Waals surface area contributed by atoms with Crippen LogP contribution < -0.4 is 4.74 Å². The minimum atomic E-state index is 0.173. The van der Waals surface area contributed by atoms with E-state index >= 15 is 0 Å². The molecular weight excluding hydrogens is 384 g/mol. The molecule has 0 saturated carbocycles. The molecule has 0 aliphatic heterocycles. The van der Waals surface area contributed by atoms with Crippen LogP contribution in [0, 0.1) is 23.7 Å². The lowest BCUT2D eigenvalue weighted by atomic mass is 10.0. The molecule has 0 fully saturated rings. The third-order valence-corrected chi connectivity index (χ3v) is 6.12. The van der Waals surface area contributed by atoms with Crippen molar-refractivity contribution in [2.24, 2.45) is 0 Å². The highest BCUT2D eigenvalue weighted by Gasteiger charge is 2.11. The number of allylic oxidation sites excluding steroid dienone is 1. The topological polar surface area (TPSA) is 45.9 Å². The molecular formula is C23H14N2OS2. The van der Waals surface area contributed by atoms with Crippen molar-refractivity contribution in [3.05, 3.63) is 71.1 Å². The van der Waals surface area contributed by atoms with Crippen molar-refractivity contribution in [3.63, 3.8) is 0 Å². The number of thioether (sulfide) groups is 1. The van der Waals surface area contributed by atoms with E-state index in [-0.39, 0.29) is 6.61 Å². The van der Waals surface area contributed by atoms with Crippen LogP contribution in [-0.2, 0) is 0 Å². The molecule has 0 aliphatic rings. The maximum absolute atomic E-state index is 9.73. The third kappa shape index (κ3) is 3.73. The van der Waals surface area contributed by atoms with Gasteiger partial charge >= 0.3 is 0 Å². The monoisotopic (exact) mass is 398 g/mol. The van der Waals surface area contributed by atoms with Gasteiger partial charge in [0.2, 0.25) is 0 Å². The molecule has 0 N–H and O–H groups in total. The van der Waals surface area contributed by atoms with Crippen molar-refractivity contribution in [3.8, 4) is 24.2 Å². The van der Waals surface area contributed by atoms with Gasteiger partial charge in [-0.25, -0.2) is 4.98 Å². The molecule has 1 heterocycles. The van der Waals surface area contributed by atoms with Crippen molar-refractivity contribution in [2.45, 2.75) is 4.34 Å². The summed E-state index contributed by atoms with van der Waals surface area (Å²) in [6.45, 7) is 0.173. The Kier molecular flexibility index (Phi) is 5.30. The van der Waals surface area contributed by atoms with Crippen molar-refractivity contribution < 1.29 is 4.74 Å². The van der Waals surface area contributed by atoms with Crippen LogP contribution in [0.4, 0.5) is 0 Å². The molecule has 0 amide bonds. The molecule has 0 unspecified atom stereocenters. The summed E-state index contributed by atoms with van der Waals surface area (Å²) in [4.78, 5) is 5.15. The van der Waals surface area contributed by atoms with Crippen LogP contribution in [0.1, 0.15) is 5.56 Å². The Hall–Kier alpha value is -3.25. The van der Waals surface area contributed by atoms with Gasteiger partial charge in [-0.3, -0.25) is 0 Å². The summed E-state index contributed by atoms with van der Waals surface area (Å²) in [5.41, 5.74) is 1.79. The lowest BCUT2D eigenvalue weighted by molar-refractivity contribution is 0.370. The van der Waals surface area contributed by atoms with Crippen LogP contribution in [0.2, 0.25) is 0 Å². The summed E-state index contributed by atoms with van der Waals surface area (Å²) in [6.07, 6.45) is 7.20. The first-order valence-electron chi connectivity index (χ1n) is 8.52. The SMILES string of the molecule is C#CCOc1ccc2ccccc2c1C=C(C#N)Sc1nc2ccccc2s1. The smallest absolute Gasteiger partial charge is 0.156 e. The average molecular weight is 399 g/mol. The zero-order valence-electron chi connectivity index (χ0n) is 14.8. The second-order valence-electron chi connectivity index (χ2n) is 5.86. The number of thiazole rings is 1. The minimum Gasteiger partial charge on any atom is -0.480 e. The fraction of sp³-hybridized carbons (Fsp3) is 0.0435. The van der Waals surface area contributed by atoms with E-state index < -0.39 is 0 Å². The molecule has 5 heteroatoms. The number of ether oxygens (including phenoxy) is 1. The summed E-state index contributed by atoms with van der Waals surface area (Å²) in [6, 6.07) is 22.1. The summed E-state index contributed by atoms with van der Waals surface area (Å²) in [5, 5.41) is 11.8. The number of terminal acetylenes is 1. The average Bonchev–Trinajstić information content (AvgIpc) is 3.14. The van der Waals surface area contributed by atoms with E-state index in [1.807, 2.05) is 66.7 Å². The number of nitrogens with zero attached hydrogens (tertiary/aromatic N) is 2. The normalized spacial score (nSPS) is 11.3. The van der Waals surface area contributed by atoms with Gasteiger partial charge in [0.25, 0.3) is 0 Å². The van der Waals surface area contributed by atoms with Crippen LogP contribution in [0.15, 0.2) is 69.9 Å². The first-order chi connectivity index (χ1) is 13.8. The maximum Gasteiger partial charge on any atom is 0.156 e. The van der Waals surface area contributed by atoms with Gasteiger partial charge in [0, 0.05) is 5.56 Å². The van der Waals surface area contributed by atoms with E-state index in [0.717, 1.165) is 30.9 Å². The summed E-state index contributed by atoms with van der Waals surface area (Å²) >= 11 is 2.94. The van der Waals surface area contributed by atoms with Gasteiger partial charge in [-0.05, 0) is 46.8 Å². The Morgan fingerprint density at radius 1 is 1.14 bits per heavy atom. The molecule has 0 bridgehead atoms. The number of hydrogen-bond acceptors (Lipinski definition) is 5. The van der Waals surface area contributed by atoms with E-state index in [0.29, 0.717) is 10.7 Å². The summed E-state index contributed by atoms with van der Waals surface area (Å²) in [7, 11) is 0. The predicted octanol–water partition coefficient (Wildman–Crippen LogP) is 6.12. The highest BCUT2D eigenvalue weighted by Crippen LogP contribution is 2.37. The zero-order chi connectivity index (χ0) is 19.3. The first-order valence-corrected chi connectivity index (χ1v) is 10.1. The highest BCUT2D eigenvalue weighted by atomic mass is 32.2. The van der Waals surface area contributed by atoms with E-state index in [1.165, 1.54) is 11.8 Å². The van der Waals surface area contributed by atoms with Gasteiger partial charge in [-0.2, -0.15) is 5.26 Å². The number of hydrogen-bond donors (Lipinski definition) is 0.